The van der Waals surface area contributed by atoms with E-state index in [2.05, 4.69) is 18.0 Å². The average molecular weight is 316 g/mol. The Morgan fingerprint density at radius 1 is 1.36 bits per heavy atom. The number of likely N-dealkylation sites (N-methyl/N-ethyl adjacent to an activating group) is 1. The number of carbonyl (C=O) groups excluding carboxylic acids is 1. The van der Waals surface area contributed by atoms with E-state index in [1.54, 1.807) is 11.9 Å². The second kappa shape index (κ2) is 7.08. The van der Waals surface area contributed by atoms with E-state index < -0.39 is 12.1 Å². The molecule has 0 saturated carbocycles. The predicted octanol–water partition coefficient (Wildman–Crippen LogP) is 2.07. The van der Waals surface area contributed by atoms with Gasteiger partial charge in [-0.2, -0.15) is 13.2 Å². The molecular weight excluding hydrogens is 301 g/mol. The van der Waals surface area contributed by atoms with Gasteiger partial charge in [-0.3, -0.25) is 4.79 Å². The summed E-state index contributed by atoms with van der Waals surface area (Å²) >= 11 is 0. The molecule has 0 aliphatic carbocycles. The van der Waals surface area contributed by atoms with Crippen LogP contribution in [-0.2, 0) is 22.7 Å². The van der Waals surface area contributed by atoms with E-state index in [0.717, 1.165) is 18.8 Å². The molecule has 1 aromatic carbocycles. The summed E-state index contributed by atoms with van der Waals surface area (Å²) < 4.78 is 31.7. The van der Waals surface area contributed by atoms with E-state index in [4.69, 9.17) is 9.90 Å². The molecule has 1 aromatic rings. The molecule has 0 saturated heterocycles. The lowest BCUT2D eigenvalue weighted by molar-refractivity contribution is -0.192. The Morgan fingerprint density at radius 2 is 1.95 bits per heavy atom. The van der Waals surface area contributed by atoms with Gasteiger partial charge in [0.05, 0.1) is 0 Å². The van der Waals surface area contributed by atoms with Gasteiger partial charge in [-0.25, -0.2) is 4.79 Å². The summed E-state index contributed by atoms with van der Waals surface area (Å²) in [5.74, 6) is -2.83. The van der Waals surface area contributed by atoms with Crippen molar-refractivity contribution in [2.45, 2.75) is 19.3 Å². The van der Waals surface area contributed by atoms with Crippen LogP contribution in [0.1, 0.15) is 11.1 Å². The number of fused-ring (bicyclic) bond motifs is 1. The van der Waals surface area contributed by atoms with Crippen molar-refractivity contribution in [3.8, 4) is 0 Å². The minimum atomic E-state index is -5.08. The number of hydrogen-bond donors (Lipinski definition) is 2. The molecule has 0 bridgehead atoms. The van der Waals surface area contributed by atoms with Crippen LogP contribution < -0.4 is 10.2 Å². The van der Waals surface area contributed by atoms with E-state index >= 15 is 0 Å². The molecule has 0 fully saturated rings. The monoisotopic (exact) mass is 316 g/mol. The number of hydrogen-bond acceptors (Lipinski definition) is 3. The number of carbonyl (C=O) groups is 2. The van der Waals surface area contributed by atoms with E-state index in [0.29, 0.717) is 0 Å². The van der Waals surface area contributed by atoms with Crippen molar-refractivity contribution in [2.75, 3.05) is 11.9 Å². The fraction of sp³-hybridized carbons (Fsp3) is 0.286. The minimum absolute atomic E-state index is 0.0738. The highest BCUT2D eigenvalue weighted by atomic mass is 19.4. The Morgan fingerprint density at radius 3 is 2.45 bits per heavy atom. The van der Waals surface area contributed by atoms with Crippen LogP contribution in [0.25, 0.3) is 0 Å². The second-order valence-electron chi connectivity index (χ2n) is 4.42. The molecule has 5 nitrogen and oxygen atoms in total. The first-order valence-corrected chi connectivity index (χ1v) is 6.20. The third-order valence-corrected chi connectivity index (χ3v) is 2.97. The summed E-state index contributed by atoms with van der Waals surface area (Å²) in [5, 5.41) is 10.4. The molecule has 8 heteroatoms. The topological polar surface area (TPSA) is 69.6 Å². The number of amides is 1. The van der Waals surface area contributed by atoms with Gasteiger partial charge in [0.2, 0.25) is 5.91 Å². The lowest BCUT2D eigenvalue weighted by Crippen LogP contribution is -2.25. The molecule has 120 valence electrons. The van der Waals surface area contributed by atoms with E-state index in [9.17, 15) is 18.0 Å². The standard InChI is InChI=1S/C12H14N2O.C2HF3O2/c1-3-12(15)14(2)11-6-4-5-9-7-13-8-10(9)11;3-2(4,5)1(6)7/h3-6,13H,1,7-8H2,2H3;(H,6,7). The third kappa shape index (κ3) is 4.32. The van der Waals surface area contributed by atoms with E-state index in [-0.39, 0.29) is 5.91 Å². The number of anilines is 1. The Hall–Kier alpha value is -2.35. The number of nitrogens with zero attached hydrogens (tertiary/aromatic N) is 1. The molecule has 2 rings (SSSR count). The second-order valence-corrected chi connectivity index (χ2v) is 4.42. The Kier molecular flexibility index (Phi) is 5.69. The quantitative estimate of drug-likeness (QED) is 0.820. The van der Waals surface area contributed by atoms with Crippen LogP contribution in [0.4, 0.5) is 18.9 Å². The molecule has 1 aliphatic rings. The van der Waals surface area contributed by atoms with Gasteiger partial charge in [0.15, 0.2) is 0 Å². The molecule has 1 amide bonds. The van der Waals surface area contributed by atoms with Crippen LogP contribution in [0.3, 0.4) is 0 Å². The maximum Gasteiger partial charge on any atom is 0.490 e. The first kappa shape index (κ1) is 17.7. The van der Waals surface area contributed by atoms with Crippen molar-refractivity contribution in [2.24, 2.45) is 0 Å². The highest BCUT2D eigenvalue weighted by molar-refractivity contribution is 6.01. The van der Waals surface area contributed by atoms with E-state index in [1.807, 2.05) is 12.1 Å². The highest BCUT2D eigenvalue weighted by Crippen LogP contribution is 2.26. The number of halogens is 3. The fourth-order valence-electron chi connectivity index (χ4n) is 1.88. The molecule has 0 radical (unpaired) electrons. The number of aliphatic carboxylic acids is 1. The van der Waals surface area contributed by atoms with Gasteiger partial charge >= 0.3 is 12.1 Å². The molecule has 1 heterocycles. The number of rotatable bonds is 2. The summed E-state index contributed by atoms with van der Waals surface area (Å²) in [6.07, 6.45) is -3.75. The maximum absolute atomic E-state index is 11.5. The number of benzene rings is 1. The molecule has 22 heavy (non-hydrogen) atoms. The lowest BCUT2D eigenvalue weighted by atomic mass is 10.1. The summed E-state index contributed by atoms with van der Waals surface area (Å²) in [6.45, 7) is 5.22. The van der Waals surface area contributed by atoms with Crippen molar-refractivity contribution in [1.82, 2.24) is 5.32 Å². The Bertz CT molecular complexity index is 585. The summed E-state index contributed by atoms with van der Waals surface area (Å²) in [7, 11) is 1.78. The predicted molar refractivity (Wildman–Crippen MR) is 74.3 cm³/mol. The van der Waals surface area contributed by atoms with Crippen LogP contribution in [0.2, 0.25) is 0 Å². The number of carboxylic acids is 1. The van der Waals surface area contributed by atoms with Crippen LogP contribution in [0.5, 0.6) is 0 Å². The van der Waals surface area contributed by atoms with Crippen molar-refractivity contribution in [3.63, 3.8) is 0 Å². The molecule has 2 N–H and O–H groups in total. The van der Waals surface area contributed by atoms with Gasteiger partial charge in [-0.15, -0.1) is 0 Å². The first-order chi connectivity index (χ1) is 10.2. The first-order valence-electron chi connectivity index (χ1n) is 6.20. The highest BCUT2D eigenvalue weighted by Gasteiger charge is 2.38. The van der Waals surface area contributed by atoms with Crippen LogP contribution >= 0.6 is 0 Å². The van der Waals surface area contributed by atoms with Crippen molar-refractivity contribution < 1.29 is 27.9 Å². The molecule has 0 unspecified atom stereocenters. The molecule has 0 spiro atoms. The molecule has 0 atom stereocenters. The van der Waals surface area contributed by atoms with Crippen LogP contribution in [0, 0.1) is 0 Å². The zero-order valence-electron chi connectivity index (χ0n) is 11.8. The number of carboxylic acid groups (broad SMARTS) is 1. The van der Waals surface area contributed by atoms with Crippen molar-refractivity contribution >= 4 is 17.6 Å². The minimum Gasteiger partial charge on any atom is -0.475 e. The third-order valence-electron chi connectivity index (χ3n) is 2.97. The van der Waals surface area contributed by atoms with Gasteiger partial charge < -0.3 is 15.3 Å². The van der Waals surface area contributed by atoms with E-state index in [1.165, 1.54) is 17.2 Å². The number of alkyl halides is 3. The smallest absolute Gasteiger partial charge is 0.475 e. The van der Waals surface area contributed by atoms with Crippen LogP contribution in [0.15, 0.2) is 30.9 Å². The normalized spacial score (nSPS) is 12.7. The zero-order valence-corrected chi connectivity index (χ0v) is 11.8. The molecule has 1 aliphatic heterocycles. The van der Waals surface area contributed by atoms with Crippen molar-refractivity contribution in [1.29, 1.82) is 0 Å². The number of nitrogens with one attached hydrogen (secondary N) is 1. The summed E-state index contributed by atoms with van der Waals surface area (Å²) in [5.41, 5.74) is 3.47. The fourth-order valence-corrected chi connectivity index (χ4v) is 1.88. The summed E-state index contributed by atoms with van der Waals surface area (Å²) in [6, 6.07) is 6.03. The van der Waals surface area contributed by atoms with Crippen LogP contribution in [-0.4, -0.2) is 30.2 Å². The van der Waals surface area contributed by atoms with Gasteiger partial charge in [-0.05, 0) is 23.3 Å². The Balaban J connectivity index is 0.000000295. The molecule has 0 aromatic heterocycles. The largest absolute Gasteiger partial charge is 0.490 e. The van der Waals surface area contributed by atoms with Gasteiger partial charge in [0.1, 0.15) is 0 Å². The summed E-state index contributed by atoms with van der Waals surface area (Å²) in [4.78, 5) is 22.0. The van der Waals surface area contributed by atoms with Crippen molar-refractivity contribution in [3.05, 3.63) is 42.0 Å². The molecular formula is C14H15F3N2O3. The SMILES string of the molecule is C=CC(=O)N(C)c1cccc2c1CNC2.O=C(O)C(F)(F)F. The maximum atomic E-state index is 11.5. The van der Waals surface area contributed by atoms with Gasteiger partial charge in [0, 0.05) is 25.8 Å². The average Bonchev–Trinajstić information content (AvgIpc) is 2.93. The zero-order chi connectivity index (χ0) is 16.9. The Labute approximate surface area is 125 Å². The lowest BCUT2D eigenvalue weighted by Gasteiger charge is -2.18. The van der Waals surface area contributed by atoms with Gasteiger partial charge in [-0.1, -0.05) is 18.7 Å². The van der Waals surface area contributed by atoms with Gasteiger partial charge in [0.25, 0.3) is 0 Å².